The Labute approximate surface area is 186 Å². The van der Waals surface area contributed by atoms with Crippen LogP contribution in [0.15, 0.2) is 59.5 Å². The minimum Gasteiger partial charge on any atom is -0.354 e. The number of likely N-dealkylation sites (N-methyl/N-ethyl adjacent to an activating group) is 1. The van der Waals surface area contributed by atoms with Crippen molar-refractivity contribution in [1.82, 2.24) is 14.9 Å². The lowest BCUT2D eigenvalue weighted by Crippen LogP contribution is -2.38. The number of carbonyl (C=O) groups excluding carboxylic acids is 1. The predicted molar refractivity (Wildman–Crippen MR) is 123 cm³/mol. The van der Waals surface area contributed by atoms with E-state index in [0.717, 1.165) is 31.5 Å². The third kappa shape index (κ3) is 6.89. The molecule has 1 amide bonds. The smallest absolute Gasteiger partial charge is 0.240 e. The molecule has 0 saturated heterocycles. The van der Waals surface area contributed by atoms with E-state index < -0.39 is 10.0 Å². The van der Waals surface area contributed by atoms with Crippen LogP contribution in [0.5, 0.6) is 0 Å². The van der Waals surface area contributed by atoms with Gasteiger partial charge in [0.25, 0.3) is 0 Å². The lowest BCUT2D eigenvalue weighted by Gasteiger charge is -2.30. The zero-order valence-electron chi connectivity index (χ0n) is 18.4. The third-order valence-electron chi connectivity index (χ3n) is 5.70. The fourth-order valence-corrected chi connectivity index (χ4v) is 4.98. The first kappa shape index (κ1) is 23.4. The van der Waals surface area contributed by atoms with Gasteiger partial charge < -0.3 is 5.32 Å². The van der Waals surface area contributed by atoms with Gasteiger partial charge in [-0.2, -0.15) is 0 Å². The third-order valence-corrected chi connectivity index (χ3v) is 7.24. The first-order valence-electron chi connectivity index (χ1n) is 11.1. The molecule has 0 aromatic heterocycles. The molecule has 1 atom stereocenters. The molecule has 2 aromatic carbocycles. The summed E-state index contributed by atoms with van der Waals surface area (Å²) in [5, 5.41) is 3.08. The van der Waals surface area contributed by atoms with Gasteiger partial charge in [-0.15, -0.1) is 0 Å². The predicted octanol–water partition coefficient (Wildman–Crippen LogP) is 3.26. The summed E-state index contributed by atoms with van der Waals surface area (Å²) in [5.41, 5.74) is 2.15. The Kier molecular flexibility index (Phi) is 8.23. The molecule has 0 spiro atoms. The highest BCUT2D eigenvalue weighted by molar-refractivity contribution is 7.89. The topological polar surface area (TPSA) is 78.5 Å². The van der Waals surface area contributed by atoms with E-state index in [4.69, 9.17) is 0 Å². The van der Waals surface area contributed by atoms with E-state index in [0.29, 0.717) is 19.4 Å². The molecular formula is C24H33N3O3S. The Morgan fingerprint density at radius 3 is 2.26 bits per heavy atom. The molecule has 0 aliphatic heterocycles. The summed E-state index contributed by atoms with van der Waals surface area (Å²) < 4.78 is 27.2. The molecule has 31 heavy (non-hydrogen) atoms. The highest BCUT2D eigenvalue weighted by Crippen LogP contribution is 2.22. The second kappa shape index (κ2) is 10.9. The fourth-order valence-electron chi connectivity index (χ4n) is 3.68. The van der Waals surface area contributed by atoms with E-state index in [1.807, 2.05) is 18.2 Å². The van der Waals surface area contributed by atoms with Gasteiger partial charge in [-0.25, -0.2) is 13.1 Å². The normalized spacial score (nSPS) is 15.1. The average molecular weight is 444 g/mol. The number of carbonyl (C=O) groups is 1. The lowest BCUT2D eigenvalue weighted by molar-refractivity contribution is -0.121. The molecule has 1 aliphatic rings. The maximum absolute atomic E-state index is 12.5. The number of amides is 1. The van der Waals surface area contributed by atoms with Crippen LogP contribution in [0, 0.1) is 0 Å². The SMILES string of the molecule is CCN(CC)C(CNC(=O)CCc1ccc(S(=O)(=O)NC2CC2)cc1)c1ccccc1. The second-order valence-electron chi connectivity index (χ2n) is 7.99. The van der Waals surface area contributed by atoms with Crippen LogP contribution in [0.4, 0.5) is 0 Å². The van der Waals surface area contributed by atoms with E-state index in [1.165, 1.54) is 5.56 Å². The van der Waals surface area contributed by atoms with E-state index >= 15 is 0 Å². The zero-order chi connectivity index (χ0) is 22.3. The van der Waals surface area contributed by atoms with Gasteiger partial charge in [-0.3, -0.25) is 9.69 Å². The first-order chi connectivity index (χ1) is 14.9. The van der Waals surface area contributed by atoms with Crippen molar-refractivity contribution >= 4 is 15.9 Å². The Morgan fingerprint density at radius 2 is 1.68 bits per heavy atom. The van der Waals surface area contributed by atoms with E-state index in [1.54, 1.807) is 24.3 Å². The average Bonchev–Trinajstić information content (AvgIpc) is 3.59. The molecule has 0 heterocycles. The van der Waals surface area contributed by atoms with Crippen LogP contribution in [0.1, 0.15) is 50.3 Å². The van der Waals surface area contributed by atoms with Crippen molar-refractivity contribution < 1.29 is 13.2 Å². The summed E-state index contributed by atoms with van der Waals surface area (Å²) in [6.07, 6.45) is 2.76. The van der Waals surface area contributed by atoms with Crippen molar-refractivity contribution in [2.24, 2.45) is 0 Å². The van der Waals surface area contributed by atoms with Crippen LogP contribution >= 0.6 is 0 Å². The molecule has 7 heteroatoms. The molecular weight excluding hydrogens is 410 g/mol. The van der Waals surface area contributed by atoms with Crippen molar-refractivity contribution in [3.63, 3.8) is 0 Å². The largest absolute Gasteiger partial charge is 0.354 e. The fraction of sp³-hybridized carbons (Fsp3) is 0.458. The molecule has 168 valence electrons. The van der Waals surface area contributed by atoms with Crippen LogP contribution in [-0.2, 0) is 21.2 Å². The Bertz CT molecular complexity index is 938. The standard InChI is InChI=1S/C24H33N3O3S/c1-3-27(4-2)23(20-8-6-5-7-9-20)18-25-24(28)17-12-19-10-15-22(16-11-19)31(29,30)26-21-13-14-21/h5-11,15-16,21,23,26H,3-4,12-14,17-18H2,1-2H3,(H,25,28). The number of aryl methyl sites for hydroxylation is 1. The maximum Gasteiger partial charge on any atom is 0.240 e. The van der Waals surface area contributed by atoms with E-state index in [9.17, 15) is 13.2 Å². The van der Waals surface area contributed by atoms with Gasteiger partial charge in [-0.05, 0) is 55.6 Å². The van der Waals surface area contributed by atoms with Crippen LogP contribution in [0.3, 0.4) is 0 Å². The molecule has 2 N–H and O–H groups in total. The van der Waals surface area contributed by atoms with Gasteiger partial charge in [-0.1, -0.05) is 56.3 Å². The van der Waals surface area contributed by atoms with Crippen LogP contribution < -0.4 is 10.0 Å². The molecule has 1 unspecified atom stereocenters. The molecule has 0 radical (unpaired) electrons. The number of hydrogen-bond donors (Lipinski definition) is 2. The summed E-state index contributed by atoms with van der Waals surface area (Å²) >= 11 is 0. The summed E-state index contributed by atoms with van der Waals surface area (Å²) in [6, 6.07) is 17.3. The van der Waals surface area contributed by atoms with E-state index in [-0.39, 0.29) is 22.9 Å². The number of benzene rings is 2. The monoisotopic (exact) mass is 443 g/mol. The Hall–Kier alpha value is -2.22. The summed E-state index contributed by atoms with van der Waals surface area (Å²) in [7, 11) is -3.44. The van der Waals surface area contributed by atoms with Gasteiger partial charge in [0.05, 0.1) is 10.9 Å². The summed E-state index contributed by atoms with van der Waals surface area (Å²) in [4.78, 5) is 15.1. The van der Waals surface area contributed by atoms with Crippen LogP contribution in [0.25, 0.3) is 0 Å². The van der Waals surface area contributed by atoms with Crippen molar-refractivity contribution in [3.05, 3.63) is 65.7 Å². The first-order valence-corrected chi connectivity index (χ1v) is 12.6. The number of hydrogen-bond acceptors (Lipinski definition) is 4. The summed E-state index contributed by atoms with van der Waals surface area (Å²) in [6.45, 7) is 6.65. The van der Waals surface area contributed by atoms with Crippen LogP contribution in [-0.4, -0.2) is 44.9 Å². The van der Waals surface area contributed by atoms with Crippen molar-refractivity contribution in [2.75, 3.05) is 19.6 Å². The highest BCUT2D eigenvalue weighted by atomic mass is 32.2. The van der Waals surface area contributed by atoms with Gasteiger partial charge in [0.2, 0.25) is 15.9 Å². The molecule has 1 aliphatic carbocycles. The van der Waals surface area contributed by atoms with Crippen molar-refractivity contribution in [2.45, 2.75) is 56.5 Å². The van der Waals surface area contributed by atoms with Gasteiger partial charge in [0.1, 0.15) is 0 Å². The van der Waals surface area contributed by atoms with Gasteiger partial charge in [0.15, 0.2) is 0 Å². The maximum atomic E-state index is 12.5. The number of sulfonamides is 1. The zero-order valence-corrected chi connectivity index (χ0v) is 19.2. The molecule has 1 fully saturated rings. The number of nitrogens with one attached hydrogen (secondary N) is 2. The Morgan fingerprint density at radius 1 is 1.03 bits per heavy atom. The van der Waals surface area contributed by atoms with Crippen molar-refractivity contribution in [1.29, 1.82) is 0 Å². The minimum atomic E-state index is -3.44. The molecule has 6 nitrogen and oxygen atoms in total. The number of rotatable bonds is 12. The molecule has 1 saturated carbocycles. The number of nitrogens with zero attached hydrogens (tertiary/aromatic N) is 1. The lowest BCUT2D eigenvalue weighted by atomic mass is 10.0. The van der Waals surface area contributed by atoms with E-state index in [2.05, 4.69) is 40.9 Å². The minimum absolute atomic E-state index is 0.000172. The molecule has 0 bridgehead atoms. The molecule has 3 rings (SSSR count). The quantitative estimate of drug-likeness (QED) is 0.528. The summed E-state index contributed by atoms with van der Waals surface area (Å²) in [5.74, 6) is 0.000172. The van der Waals surface area contributed by atoms with Crippen molar-refractivity contribution in [3.8, 4) is 0 Å². The molecule has 2 aromatic rings. The van der Waals surface area contributed by atoms with Crippen LogP contribution in [0.2, 0.25) is 0 Å². The van der Waals surface area contributed by atoms with Gasteiger partial charge in [0, 0.05) is 19.0 Å². The van der Waals surface area contributed by atoms with Gasteiger partial charge >= 0.3 is 0 Å². The Balaban J connectivity index is 1.52. The highest BCUT2D eigenvalue weighted by Gasteiger charge is 2.27. The second-order valence-corrected chi connectivity index (χ2v) is 9.71.